The van der Waals surface area contributed by atoms with Crippen LogP contribution in [0.1, 0.15) is 10.5 Å². The first-order chi connectivity index (χ1) is 9.83. The molecule has 0 aliphatic carbocycles. The van der Waals surface area contributed by atoms with E-state index in [0.29, 0.717) is 17.8 Å². The van der Waals surface area contributed by atoms with Crippen molar-refractivity contribution in [3.8, 4) is 0 Å². The van der Waals surface area contributed by atoms with Crippen molar-refractivity contribution in [1.82, 2.24) is 9.55 Å². The molecule has 0 saturated heterocycles. The van der Waals surface area contributed by atoms with Gasteiger partial charge in [0.05, 0.1) is 5.69 Å². The predicted octanol–water partition coefficient (Wildman–Crippen LogP) is 3.22. The smallest absolute Gasteiger partial charge is 0.272 e. The summed E-state index contributed by atoms with van der Waals surface area (Å²) in [5.41, 5.74) is 0.671. The molecule has 0 aliphatic rings. The Bertz CT molecular complexity index is 715. The Kier molecular flexibility index (Phi) is 4.85. The van der Waals surface area contributed by atoms with Crippen molar-refractivity contribution in [2.24, 2.45) is 0 Å². The fraction of sp³-hybridized carbons (Fsp3) is 0.429. The number of nitrogens with one attached hydrogen (secondary N) is 1. The van der Waals surface area contributed by atoms with Gasteiger partial charge in [-0.25, -0.2) is 0 Å². The lowest BCUT2D eigenvalue weighted by Gasteiger charge is -2.16. The van der Waals surface area contributed by atoms with Crippen LogP contribution in [0.4, 0.5) is 0 Å². The van der Waals surface area contributed by atoms with E-state index in [1.807, 2.05) is 0 Å². The highest BCUT2D eigenvalue weighted by Crippen LogP contribution is 2.23. The van der Waals surface area contributed by atoms with Crippen molar-refractivity contribution in [2.45, 2.75) is 32.4 Å². The standard InChI is InChI=1S/C14H19BrN2O3Si/c1-21(2,3)5-4-20-9-17-10(8-18)6-11-12(15)7-16-14(19)13(11)17/h6-8H,4-5,9H2,1-3H3,(H,16,19). The fourth-order valence-corrected chi connectivity index (χ4v) is 3.21. The zero-order chi connectivity index (χ0) is 15.6. The topological polar surface area (TPSA) is 64.1 Å². The molecule has 0 bridgehead atoms. The molecule has 21 heavy (non-hydrogen) atoms. The third-order valence-corrected chi connectivity index (χ3v) is 5.63. The SMILES string of the molecule is C[Si](C)(C)CCOCn1c(C=O)cc2c(Br)c[nH]c(=O)c21. The largest absolute Gasteiger partial charge is 0.361 e. The second-order valence-electron chi connectivity index (χ2n) is 6.19. The molecule has 0 saturated carbocycles. The van der Waals surface area contributed by atoms with E-state index < -0.39 is 8.07 Å². The molecule has 0 aromatic carbocycles. The molecule has 0 fully saturated rings. The van der Waals surface area contributed by atoms with Crippen LogP contribution in [0.3, 0.4) is 0 Å². The van der Waals surface area contributed by atoms with Gasteiger partial charge in [-0.15, -0.1) is 0 Å². The van der Waals surface area contributed by atoms with Crippen LogP contribution in [0.5, 0.6) is 0 Å². The molecule has 0 atom stereocenters. The van der Waals surface area contributed by atoms with Gasteiger partial charge < -0.3 is 14.3 Å². The maximum atomic E-state index is 12.0. The van der Waals surface area contributed by atoms with E-state index in [-0.39, 0.29) is 12.3 Å². The second-order valence-corrected chi connectivity index (χ2v) is 12.7. The zero-order valence-corrected chi connectivity index (χ0v) is 15.0. The fourth-order valence-electron chi connectivity index (χ4n) is 2.04. The lowest BCUT2D eigenvalue weighted by Crippen LogP contribution is -2.22. The summed E-state index contributed by atoms with van der Waals surface area (Å²) in [5, 5.41) is 0.717. The minimum absolute atomic E-state index is 0.210. The highest BCUT2D eigenvalue weighted by Gasteiger charge is 2.15. The van der Waals surface area contributed by atoms with Gasteiger partial charge in [-0.05, 0) is 28.0 Å². The second kappa shape index (κ2) is 6.29. The summed E-state index contributed by atoms with van der Waals surface area (Å²) in [6.45, 7) is 7.68. The van der Waals surface area contributed by atoms with Crippen LogP contribution in [-0.4, -0.2) is 30.5 Å². The van der Waals surface area contributed by atoms with Gasteiger partial charge >= 0.3 is 0 Å². The molecule has 0 amide bonds. The van der Waals surface area contributed by atoms with Crippen LogP contribution in [0.15, 0.2) is 21.5 Å². The number of ether oxygens (including phenoxy) is 1. The molecule has 5 nitrogen and oxygen atoms in total. The number of aldehydes is 1. The molecular weight excluding hydrogens is 352 g/mol. The number of hydrogen-bond acceptors (Lipinski definition) is 3. The number of carbonyl (C=O) groups excluding carboxylic acids is 1. The lowest BCUT2D eigenvalue weighted by molar-refractivity contribution is 0.0862. The maximum absolute atomic E-state index is 12.0. The van der Waals surface area contributed by atoms with Gasteiger partial charge in [-0.2, -0.15) is 0 Å². The first-order valence-corrected chi connectivity index (χ1v) is 11.3. The van der Waals surface area contributed by atoms with Crippen molar-refractivity contribution >= 4 is 41.2 Å². The Labute approximate surface area is 132 Å². The van der Waals surface area contributed by atoms with Gasteiger partial charge in [0, 0.05) is 30.7 Å². The van der Waals surface area contributed by atoms with E-state index in [2.05, 4.69) is 40.6 Å². The highest BCUT2D eigenvalue weighted by atomic mass is 79.9. The zero-order valence-electron chi connectivity index (χ0n) is 12.4. The summed E-state index contributed by atoms with van der Waals surface area (Å²) in [5.74, 6) is 0. The third-order valence-electron chi connectivity index (χ3n) is 3.27. The first-order valence-electron chi connectivity index (χ1n) is 6.77. The van der Waals surface area contributed by atoms with Crippen molar-refractivity contribution in [2.75, 3.05) is 6.61 Å². The van der Waals surface area contributed by atoms with E-state index >= 15 is 0 Å². The summed E-state index contributed by atoms with van der Waals surface area (Å²) < 4.78 is 8.04. The molecule has 114 valence electrons. The summed E-state index contributed by atoms with van der Waals surface area (Å²) in [4.78, 5) is 25.9. The van der Waals surface area contributed by atoms with Gasteiger partial charge in [-0.3, -0.25) is 9.59 Å². The van der Waals surface area contributed by atoms with E-state index in [1.54, 1.807) is 16.8 Å². The van der Waals surface area contributed by atoms with Crippen LogP contribution in [0, 0.1) is 0 Å². The predicted molar refractivity (Wildman–Crippen MR) is 89.8 cm³/mol. The molecule has 2 rings (SSSR count). The number of carbonyl (C=O) groups is 1. The average molecular weight is 371 g/mol. The van der Waals surface area contributed by atoms with Gasteiger partial charge in [-0.1, -0.05) is 19.6 Å². The third kappa shape index (κ3) is 3.72. The van der Waals surface area contributed by atoms with Crippen molar-refractivity contribution in [3.63, 3.8) is 0 Å². The van der Waals surface area contributed by atoms with Crippen LogP contribution in [-0.2, 0) is 11.5 Å². The van der Waals surface area contributed by atoms with Crippen LogP contribution in [0.2, 0.25) is 25.7 Å². The molecule has 2 aromatic rings. The monoisotopic (exact) mass is 370 g/mol. The summed E-state index contributed by atoms with van der Waals surface area (Å²) in [6, 6.07) is 2.74. The van der Waals surface area contributed by atoms with E-state index in [4.69, 9.17) is 4.74 Å². The highest BCUT2D eigenvalue weighted by molar-refractivity contribution is 9.10. The van der Waals surface area contributed by atoms with Gasteiger partial charge in [0.2, 0.25) is 0 Å². The number of H-pyrrole nitrogens is 1. The lowest BCUT2D eigenvalue weighted by atomic mass is 10.3. The van der Waals surface area contributed by atoms with Crippen molar-refractivity contribution in [1.29, 1.82) is 0 Å². The van der Waals surface area contributed by atoms with E-state index in [1.165, 1.54) is 0 Å². The number of hydrogen-bond donors (Lipinski definition) is 1. The number of aromatic amines is 1. The van der Waals surface area contributed by atoms with E-state index in [9.17, 15) is 9.59 Å². The minimum Gasteiger partial charge on any atom is -0.361 e. The number of aromatic nitrogens is 2. The summed E-state index contributed by atoms with van der Waals surface area (Å²) >= 11 is 3.38. The van der Waals surface area contributed by atoms with Crippen LogP contribution >= 0.6 is 15.9 Å². The number of nitrogens with zero attached hydrogens (tertiary/aromatic N) is 1. The van der Waals surface area contributed by atoms with Gasteiger partial charge in [0.15, 0.2) is 6.29 Å². The Morgan fingerprint density at radius 2 is 2.14 bits per heavy atom. The molecule has 0 radical (unpaired) electrons. The first kappa shape index (κ1) is 16.2. The number of rotatable bonds is 6. The van der Waals surface area contributed by atoms with Crippen LogP contribution in [0.25, 0.3) is 10.9 Å². The Morgan fingerprint density at radius 1 is 1.43 bits per heavy atom. The van der Waals surface area contributed by atoms with Crippen molar-refractivity contribution < 1.29 is 9.53 Å². The molecular formula is C14H19BrN2O3Si. The Balaban J connectivity index is 2.28. The maximum Gasteiger partial charge on any atom is 0.272 e. The van der Waals surface area contributed by atoms with Gasteiger partial charge in [0.25, 0.3) is 5.56 Å². The van der Waals surface area contributed by atoms with Crippen molar-refractivity contribution in [3.05, 3.63) is 32.8 Å². The molecule has 2 aromatic heterocycles. The minimum atomic E-state index is -1.15. The Morgan fingerprint density at radius 3 is 2.76 bits per heavy atom. The van der Waals surface area contributed by atoms with Gasteiger partial charge in [0.1, 0.15) is 12.2 Å². The van der Waals surface area contributed by atoms with Crippen LogP contribution < -0.4 is 5.56 Å². The number of pyridine rings is 1. The molecule has 0 spiro atoms. The summed E-state index contributed by atoms with van der Waals surface area (Å²) in [6.07, 6.45) is 2.32. The molecule has 7 heteroatoms. The summed E-state index contributed by atoms with van der Waals surface area (Å²) in [7, 11) is -1.15. The normalized spacial score (nSPS) is 12.0. The molecule has 1 N–H and O–H groups in total. The Hall–Kier alpha value is -1.18. The average Bonchev–Trinajstić information content (AvgIpc) is 2.78. The van der Waals surface area contributed by atoms with E-state index in [0.717, 1.165) is 22.2 Å². The number of halogens is 1. The molecule has 0 aliphatic heterocycles. The number of fused-ring (bicyclic) bond motifs is 1. The quantitative estimate of drug-likeness (QED) is 0.482. The molecule has 0 unspecified atom stereocenters. The molecule has 2 heterocycles.